The maximum Gasteiger partial charge on any atom is 0.213 e. The number of nitrogens with zero attached hydrogens (tertiary/aromatic N) is 3. The van der Waals surface area contributed by atoms with E-state index >= 15 is 0 Å². The lowest BCUT2D eigenvalue weighted by molar-refractivity contribution is 1.23. The highest BCUT2D eigenvalue weighted by molar-refractivity contribution is 6.14. The summed E-state index contributed by atoms with van der Waals surface area (Å²) in [5.41, 5.74) is 7.09. The van der Waals surface area contributed by atoms with Crippen molar-refractivity contribution in [3.63, 3.8) is 0 Å². The standard InChI is InChI=1S/C12H11N5/c13-12(14)17-11(9-5-1-3-7-15-9)10-6-2-4-8-16-10/h1-8H,(H3,13,14). The van der Waals surface area contributed by atoms with E-state index < -0.39 is 0 Å². The zero-order valence-corrected chi connectivity index (χ0v) is 9.04. The normalized spacial score (nSPS) is 9.65. The lowest BCUT2D eigenvalue weighted by atomic mass is 10.1. The SMILES string of the molecule is N=C(N)N=C(c1ccccn1)c1ccccn1. The van der Waals surface area contributed by atoms with E-state index in [2.05, 4.69) is 15.0 Å². The second kappa shape index (κ2) is 4.98. The Morgan fingerprint density at radius 1 is 1.00 bits per heavy atom. The van der Waals surface area contributed by atoms with Crippen LogP contribution >= 0.6 is 0 Å². The molecule has 0 bridgehead atoms. The van der Waals surface area contributed by atoms with Crippen molar-refractivity contribution in [3.05, 3.63) is 60.2 Å². The first-order valence-corrected chi connectivity index (χ1v) is 5.03. The summed E-state index contributed by atoms with van der Waals surface area (Å²) in [7, 11) is 0. The monoisotopic (exact) mass is 225 g/mol. The maximum absolute atomic E-state index is 7.26. The van der Waals surface area contributed by atoms with Crippen LogP contribution in [0.1, 0.15) is 11.4 Å². The zero-order valence-electron chi connectivity index (χ0n) is 9.04. The summed E-state index contributed by atoms with van der Waals surface area (Å²) in [5.74, 6) is -0.267. The topological polar surface area (TPSA) is 88.0 Å². The first-order chi connectivity index (χ1) is 8.27. The molecule has 0 spiro atoms. The smallest absolute Gasteiger partial charge is 0.213 e. The van der Waals surface area contributed by atoms with Crippen LogP contribution in [0.15, 0.2) is 53.8 Å². The van der Waals surface area contributed by atoms with Crippen molar-refractivity contribution >= 4 is 11.7 Å². The molecular weight excluding hydrogens is 214 g/mol. The van der Waals surface area contributed by atoms with Gasteiger partial charge in [-0.25, -0.2) is 4.99 Å². The molecule has 0 saturated heterocycles. The van der Waals surface area contributed by atoms with Gasteiger partial charge in [-0.3, -0.25) is 15.4 Å². The Kier molecular flexibility index (Phi) is 3.20. The molecule has 0 aliphatic rings. The van der Waals surface area contributed by atoms with Crippen LogP contribution in [0.5, 0.6) is 0 Å². The third-order valence-corrected chi connectivity index (χ3v) is 2.05. The van der Waals surface area contributed by atoms with Crippen LogP contribution < -0.4 is 5.73 Å². The Morgan fingerprint density at radius 3 is 1.88 bits per heavy atom. The van der Waals surface area contributed by atoms with E-state index in [9.17, 15) is 0 Å². The number of nitrogens with two attached hydrogens (primary N) is 1. The molecule has 0 aromatic carbocycles. The average molecular weight is 225 g/mol. The molecule has 0 aliphatic carbocycles. The molecule has 0 unspecified atom stereocenters. The van der Waals surface area contributed by atoms with Crippen molar-refractivity contribution in [1.29, 1.82) is 5.41 Å². The number of hydrogen-bond donors (Lipinski definition) is 2. The highest BCUT2D eigenvalue weighted by Gasteiger charge is 2.09. The molecule has 0 atom stereocenters. The molecule has 3 N–H and O–H groups in total. The number of hydrogen-bond acceptors (Lipinski definition) is 3. The maximum atomic E-state index is 7.26. The number of pyridine rings is 2. The van der Waals surface area contributed by atoms with E-state index in [0.717, 1.165) is 0 Å². The number of aromatic nitrogens is 2. The molecule has 2 heterocycles. The van der Waals surface area contributed by atoms with Gasteiger partial charge in [0.25, 0.3) is 0 Å². The summed E-state index contributed by atoms with van der Waals surface area (Å²) in [4.78, 5) is 12.3. The van der Waals surface area contributed by atoms with Crippen LogP contribution in [-0.2, 0) is 0 Å². The van der Waals surface area contributed by atoms with Gasteiger partial charge in [0, 0.05) is 12.4 Å². The minimum atomic E-state index is -0.267. The second-order valence-corrected chi connectivity index (χ2v) is 3.28. The summed E-state index contributed by atoms with van der Waals surface area (Å²) in [5, 5.41) is 7.26. The van der Waals surface area contributed by atoms with E-state index in [1.165, 1.54) is 0 Å². The minimum absolute atomic E-state index is 0.267. The molecule has 17 heavy (non-hydrogen) atoms. The van der Waals surface area contributed by atoms with Crippen molar-refractivity contribution in [3.8, 4) is 0 Å². The van der Waals surface area contributed by atoms with Crippen molar-refractivity contribution in [2.24, 2.45) is 10.7 Å². The summed E-state index contributed by atoms with van der Waals surface area (Å²) in [6, 6.07) is 10.9. The van der Waals surface area contributed by atoms with E-state index in [1.54, 1.807) is 24.5 Å². The summed E-state index contributed by atoms with van der Waals surface area (Å²) >= 11 is 0. The van der Waals surface area contributed by atoms with E-state index in [0.29, 0.717) is 17.1 Å². The molecule has 0 saturated carbocycles. The van der Waals surface area contributed by atoms with Crippen LogP contribution in [0.2, 0.25) is 0 Å². The molecule has 2 rings (SSSR count). The molecule has 0 radical (unpaired) electrons. The van der Waals surface area contributed by atoms with Gasteiger partial charge in [-0.05, 0) is 24.3 Å². The Labute approximate surface area is 98.6 Å². The predicted molar refractivity (Wildman–Crippen MR) is 66.0 cm³/mol. The Balaban J connectivity index is 2.51. The molecule has 2 aromatic rings. The van der Waals surface area contributed by atoms with Gasteiger partial charge in [0.2, 0.25) is 5.96 Å². The third-order valence-electron chi connectivity index (χ3n) is 2.05. The summed E-state index contributed by atoms with van der Waals surface area (Å²) in [6.45, 7) is 0. The molecule has 0 amide bonds. The summed E-state index contributed by atoms with van der Waals surface area (Å²) in [6.07, 6.45) is 3.32. The predicted octanol–water partition coefficient (Wildman–Crippen LogP) is 1.21. The van der Waals surface area contributed by atoms with Gasteiger partial charge in [0.15, 0.2) is 0 Å². The lowest BCUT2D eigenvalue weighted by Gasteiger charge is -2.04. The third kappa shape index (κ3) is 2.72. The number of nitrogens with one attached hydrogen (secondary N) is 1. The van der Waals surface area contributed by atoms with Crippen LogP contribution in [-0.4, -0.2) is 21.6 Å². The second-order valence-electron chi connectivity index (χ2n) is 3.28. The van der Waals surface area contributed by atoms with Gasteiger partial charge in [-0.2, -0.15) is 0 Å². The average Bonchev–Trinajstić information content (AvgIpc) is 2.38. The Hall–Kier alpha value is -2.56. The quantitative estimate of drug-likeness (QED) is 0.594. The van der Waals surface area contributed by atoms with Gasteiger partial charge >= 0.3 is 0 Å². The van der Waals surface area contributed by atoms with Gasteiger partial charge in [-0.1, -0.05) is 12.1 Å². The zero-order chi connectivity index (χ0) is 12.1. The van der Waals surface area contributed by atoms with Gasteiger partial charge in [0.1, 0.15) is 5.71 Å². The fourth-order valence-corrected chi connectivity index (χ4v) is 1.37. The first-order valence-electron chi connectivity index (χ1n) is 5.03. The van der Waals surface area contributed by atoms with Crippen molar-refractivity contribution in [1.82, 2.24) is 9.97 Å². The molecule has 5 heteroatoms. The molecule has 84 valence electrons. The Bertz CT molecular complexity index is 492. The highest BCUT2D eigenvalue weighted by Crippen LogP contribution is 2.05. The molecule has 0 aliphatic heterocycles. The number of rotatable bonds is 2. The van der Waals surface area contributed by atoms with Crippen LogP contribution in [0.25, 0.3) is 0 Å². The van der Waals surface area contributed by atoms with E-state index in [1.807, 2.05) is 24.3 Å². The largest absolute Gasteiger partial charge is 0.368 e. The van der Waals surface area contributed by atoms with Gasteiger partial charge in [0.05, 0.1) is 11.4 Å². The molecule has 0 fully saturated rings. The van der Waals surface area contributed by atoms with Crippen molar-refractivity contribution in [2.75, 3.05) is 0 Å². The van der Waals surface area contributed by atoms with Gasteiger partial charge in [-0.15, -0.1) is 0 Å². The van der Waals surface area contributed by atoms with Crippen molar-refractivity contribution < 1.29 is 0 Å². The number of aliphatic imine (C=N–C) groups is 1. The van der Waals surface area contributed by atoms with Crippen LogP contribution in [0.4, 0.5) is 0 Å². The fraction of sp³-hybridized carbons (Fsp3) is 0. The van der Waals surface area contributed by atoms with Crippen LogP contribution in [0, 0.1) is 5.41 Å². The van der Waals surface area contributed by atoms with Crippen molar-refractivity contribution in [2.45, 2.75) is 0 Å². The fourth-order valence-electron chi connectivity index (χ4n) is 1.37. The first kappa shape index (κ1) is 10.9. The molecule has 2 aromatic heterocycles. The van der Waals surface area contributed by atoms with Gasteiger partial charge < -0.3 is 5.73 Å². The Morgan fingerprint density at radius 2 is 1.53 bits per heavy atom. The highest BCUT2D eigenvalue weighted by atomic mass is 15.0. The van der Waals surface area contributed by atoms with Crippen LogP contribution in [0.3, 0.4) is 0 Å². The lowest BCUT2D eigenvalue weighted by Crippen LogP contribution is -2.14. The number of guanidine groups is 1. The summed E-state index contributed by atoms with van der Waals surface area (Å²) < 4.78 is 0. The molecular formula is C12H11N5. The van der Waals surface area contributed by atoms with E-state index in [4.69, 9.17) is 11.1 Å². The minimum Gasteiger partial charge on any atom is -0.368 e. The molecule has 5 nitrogen and oxygen atoms in total. The van der Waals surface area contributed by atoms with E-state index in [-0.39, 0.29) is 5.96 Å².